The molecule has 0 spiro atoms. The van der Waals surface area contributed by atoms with E-state index in [1.807, 2.05) is 30.5 Å². The molecule has 128 valence electrons. The first kappa shape index (κ1) is 17.6. The zero-order chi connectivity index (χ0) is 17.1. The predicted octanol–water partition coefficient (Wildman–Crippen LogP) is 3.72. The molecule has 24 heavy (non-hydrogen) atoms. The molecule has 1 N–H and O–H groups in total. The van der Waals surface area contributed by atoms with E-state index in [1.165, 1.54) is 4.88 Å². The summed E-state index contributed by atoms with van der Waals surface area (Å²) in [6, 6.07) is 10.2. The van der Waals surface area contributed by atoms with Crippen LogP contribution < -0.4 is 5.32 Å². The van der Waals surface area contributed by atoms with Crippen LogP contribution in [0.2, 0.25) is 4.34 Å². The summed E-state index contributed by atoms with van der Waals surface area (Å²) in [6.07, 6.45) is 2.88. The van der Waals surface area contributed by atoms with Crippen molar-refractivity contribution in [2.75, 3.05) is 27.2 Å². The maximum absolute atomic E-state index is 6.19. The van der Waals surface area contributed by atoms with Gasteiger partial charge in [0.15, 0.2) is 5.11 Å². The Morgan fingerprint density at radius 2 is 2.17 bits per heavy atom. The van der Waals surface area contributed by atoms with Crippen LogP contribution in [0.1, 0.15) is 29.1 Å². The van der Waals surface area contributed by atoms with E-state index in [2.05, 4.69) is 40.3 Å². The van der Waals surface area contributed by atoms with Gasteiger partial charge >= 0.3 is 0 Å². The first-order valence-corrected chi connectivity index (χ1v) is 9.54. The summed E-state index contributed by atoms with van der Waals surface area (Å²) in [6.45, 7) is 1.94. The Hall–Kier alpha value is -1.21. The van der Waals surface area contributed by atoms with Gasteiger partial charge in [-0.25, -0.2) is 0 Å². The lowest BCUT2D eigenvalue weighted by Crippen LogP contribution is -2.32. The van der Waals surface area contributed by atoms with Gasteiger partial charge < -0.3 is 15.1 Å². The lowest BCUT2D eigenvalue weighted by atomic mass is 10.0. The van der Waals surface area contributed by atoms with Crippen LogP contribution in [0, 0.1) is 0 Å². The Labute approximate surface area is 157 Å². The van der Waals surface area contributed by atoms with Gasteiger partial charge in [0.1, 0.15) is 0 Å². The molecule has 2 aromatic heterocycles. The van der Waals surface area contributed by atoms with Crippen LogP contribution >= 0.6 is 35.2 Å². The van der Waals surface area contributed by atoms with Crippen LogP contribution in [-0.4, -0.2) is 47.1 Å². The van der Waals surface area contributed by atoms with E-state index in [0.717, 1.165) is 34.7 Å². The fraction of sp³-hybridized carbons (Fsp3) is 0.412. The van der Waals surface area contributed by atoms with Crippen molar-refractivity contribution >= 4 is 40.3 Å². The molecule has 1 aliphatic heterocycles. The second-order valence-electron chi connectivity index (χ2n) is 6.12. The fourth-order valence-electron chi connectivity index (χ4n) is 3.00. The number of hydrogen-bond acceptors (Lipinski definition) is 4. The summed E-state index contributed by atoms with van der Waals surface area (Å²) in [4.78, 5) is 10.2. The molecule has 0 radical (unpaired) electrons. The van der Waals surface area contributed by atoms with Crippen molar-refractivity contribution in [1.29, 1.82) is 0 Å². The molecule has 1 saturated heterocycles. The van der Waals surface area contributed by atoms with Crippen molar-refractivity contribution in [1.82, 2.24) is 20.1 Å². The van der Waals surface area contributed by atoms with E-state index in [4.69, 9.17) is 23.8 Å². The Bertz CT molecular complexity index is 689. The second-order valence-corrected chi connectivity index (χ2v) is 8.25. The summed E-state index contributed by atoms with van der Waals surface area (Å²) in [5.41, 5.74) is 1.00. The van der Waals surface area contributed by atoms with Crippen molar-refractivity contribution in [2.45, 2.75) is 18.5 Å². The van der Waals surface area contributed by atoms with E-state index in [0.29, 0.717) is 0 Å². The molecular weight excluding hydrogens is 360 g/mol. The van der Waals surface area contributed by atoms with Crippen molar-refractivity contribution in [3.8, 4) is 0 Å². The quantitative estimate of drug-likeness (QED) is 0.772. The number of nitrogens with one attached hydrogen (secondary N) is 1. The van der Waals surface area contributed by atoms with Gasteiger partial charge in [0.25, 0.3) is 0 Å². The summed E-state index contributed by atoms with van der Waals surface area (Å²) < 4.78 is 0.802. The highest BCUT2D eigenvalue weighted by atomic mass is 35.5. The predicted molar refractivity (Wildman–Crippen MR) is 105 cm³/mol. The van der Waals surface area contributed by atoms with Gasteiger partial charge in [0, 0.05) is 17.6 Å². The fourth-order valence-corrected chi connectivity index (χ4v) is 4.54. The third-order valence-electron chi connectivity index (χ3n) is 4.09. The Balaban J connectivity index is 1.88. The maximum Gasteiger partial charge on any atom is 0.170 e. The lowest BCUT2D eigenvalue weighted by Gasteiger charge is -2.27. The Kier molecular flexibility index (Phi) is 5.71. The van der Waals surface area contributed by atoms with Crippen LogP contribution in [0.15, 0.2) is 36.5 Å². The lowest BCUT2D eigenvalue weighted by molar-refractivity contribution is 0.296. The molecule has 0 unspecified atom stereocenters. The van der Waals surface area contributed by atoms with E-state index in [9.17, 15) is 0 Å². The molecular formula is C17H21ClN4S2. The number of hydrogen-bond donors (Lipinski definition) is 1. The number of pyridine rings is 1. The van der Waals surface area contributed by atoms with E-state index in [-0.39, 0.29) is 12.1 Å². The zero-order valence-electron chi connectivity index (χ0n) is 13.8. The topological polar surface area (TPSA) is 31.4 Å². The molecule has 3 rings (SSSR count). The minimum absolute atomic E-state index is 0.0489. The van der Waals surface area contributed by atoms with Gasteiger partial charge in [-0.15, -0.1) is 11.3 Å². The van der Waals surface area contributed by atoms with E-state index in [1.54, 1.807) is 11.3 Å². The molecule has 1 fully saturated rings. The normalized spacial score (nSPS) is 20.7. The third kappa shape index (κ3) is 3.88. The Morgan fingerprint density at radius 1 is 1.33 bits per heavy atom. The molecule has 0 saturated carbocycles. The Morgan fingerprint density at radius 3 is 2.79 bits per heavy atom. The molecule has 2 atom stereocenters. The van der Waals surface area contributed by atoms with Gasteiger partial charge in [-0.05, 0) is 63.5 Å². The van der Waals surface area contributed by atoms with Crippen molar-refractivity contribution in [3.05, 3.63) is 51.4 Å². The average molecular weight is 381 g/mol. The number of thiocarbonyl (C=S) groups is 1. The average Bonchev–Trinajstić information content (AvgIpc) is 3.12. The number of nitrogens with zero attached hydrogens (tertiary/aromatic N) is 3. The highest BCUT2D eigenvalue weighted by molar-refractivity contribution is 7.80. The monoisotopic (exact) mass is 380 g/mol. The summed E-state index contributed by atoms with van der Waals surface area (Å²) in [5, 5.41) is 4.25. The molecule has 0 amide bonds. The van der Waals surface area contributed by atoms with Crippen LogP contribution in [0.25, 0.3) is 0 Å². The third-order valence-corrected chi connectivity index (χ3v) is 5.74. The zero-order valence-corrected chi connectivity index (χ0v) is 16.2. The highest BCUT2D eigenvalue weighted by Crippen LogP contribution is 2.42. The summed E-state index contributed by atoms with van der Waals surface area (Å²) >= 11 is 13.4. The highest BCUT2D eigenvalue weighted by Gasteiger charge is 2.40. The molecule has 3 heterocycles. The summed E-state index contributed by atoms with van der Waals surface area (Å²) in [5.74, 6) is 0. The minimum Gasteiger partial charge on any atom is -0.352 e. The van der Waals surface area contributed by atoms with Crippen molar-refractivity contribution in [2.24, 2.45) is 0 Å². The van der Waals surface area contributed by atoms with Crippen LogP contribution in [0.4, 0.5) is 0 Å². The number of thiophene rings is 1. The summed E-state index contributed by atoms with van der Waals surface area (Å²) in [7, 11) is 4.18. The van der Waals surface area contributed by atoms with E-state index < -0.39 is 0 Å². The molecule has 2 aromatic rings. The molecule has 0 aromatic carbocycles. The molecule has 0 aliphatic carbocycles. The van der Waals surface area contributed by atoms with Crippen LogP contribution in [0.5, 0.6) is 0 Å². The molecule has 7 heteroatoms. The smallest absolute Gasteiger partial charge is 0.170 e. The first-order valence-electron chi connectivity index (χ1n) is 7.94. The van der Waals surface area contributed by atoms with Gasteiger partial charge in [-0.3, -0.25) is 4.98 Å². The standard InChI is InChI=1S/C17H21ClN4S2/c1-21(2)10-5-11-22-16(13-7-8-14(18)24-13)15(20-17(22)23)12-6-3-4-9-19-12/h3-4,6-9,15-16H,5,10-11H2,1-2H3,(H,20,23)/t15-,16+/m0/s1. The van der Waals surface area contributed by atoms with E-state index >= 15 is 0 Å². The van der Waals surface area contributed by atoms with Crippen molar-refractivity contribution in [3.63, 3.8) is 0 Å². The van der Waals surface area contributed by atoms with Crippen LogP contribution in [0.3, 0.4) is 0 Å². The number of aromatic nitrogens is 1. The largest absolute Gasteiger partial charge is 0.352 e. The SMILES string of the molecule is CN(C)CCCN1C(=S)N[C@@H](c2ccccn2)[C@H]1c1ccc(Cl)s1. The van der Waals surface area contributed by atoms with Gasteiger partial charge in [-0.1, -0.05) is 17.7 Å². The van der Waals surface area contributed by atoms with Crippen molar-refractivity contribution < 1.29 is 0 Å². The minimum atomic E-state index is 0.0489. The molecule has 1 aliphatic rings. The second kappa shape index (κ2) is 7.78. The first-order chi connectivity index (χ1) is 11.6. The molecule has 0 bridgehead atoms. The number of rotatable bonds is 6. The van der Waals surface area contributed by atoms with Crippen LogP contribution in [-0.2, 0) is 0 Å². The van der Waals surface area contributed by atoms with Gasteiger partial charge in [0.05, 0.1) is 22.1 Å². The van der Waals surface area contributed by atoms with Gasteiger partial charge in [0.2, 0.25) is 0 Å². The number of halogens is 1. The molecule has 4 nitrogen and oxygen atoms in total. The maximum atomic E-state index is 6.19. The van der Waals surface area contributed by atoms with Gasteiger partial charge in [-0.2, -0.15) is 0 Å².